The molecule has 214 valence electrons. The van der Waals surface area contributed by atoms with Gasteiger partial charge in [-0.3, -0.25) is 4.90 Å². The number of carbonyl (C=O) groups is 1. The lowest BCUT2D eigenvalue weighted by Crippen LogP contribution is -2.63. The zero-order chi connectivity index (χ0) is 27.4. The Morgan fingerprint density at radius 3 is 2.20 bits per heavy atom. The fourth-order valence-electron chi connectivity index (χ4n) is 8.76. The Morgan fingerprint density at radius 2 is 1.55 bits per heavy atom. The van der Waals surface area contributed by atoms with Gasteiger partial charge in [0, 0.05) is 43.6 Å². The molecule has 2 unspecified atom stereocenters. The number of nitrogens with zero attached hydrogens (tertiary/aromatic N) is 3. The predicted octanol–water partition coefficient (Wildman–Crippen LogP) is 5.69. The summed E-state index contributed by atoms with van der Waals surface area (Å²) in [6.07, 6.45) is 7.74. The minimum atomic E-state index is -0.482. The highest BCUT2D eigenvalue weighted by Gasteiger charge is 2.55. The minimum absolute atomic E-state index is 0.0109. The number of nitrogens with one attached hydrogen (secondary N) is 1. The van der Waals surface area contributed by atoms with E-state index in [1.807, 2.05) is 11.0 Å². The van der Waals surface area contributed by atoms with Crippen molar-refractivity contribution in [3.63, 3.8) is 0 Å². The Morgan fingerprint density at radius 1 is 0.900 bits per heavy atom. The van der Waals surface area contributed by atoms with Gasteiger partial charge >= 0.3 is 6.03 Å². The molecule has 2 aromatic rings. The van der Waals surface area contributed by atoms with Gasteiger partial charge < -0.3 is 25.0 Å². The topological polar surface area (TPSA) is 68.3 Å². The maximum absolute atomic E-state index is 13.7. The van der Waals surface area contributed by atoms with E-state index in [2.05, 4.69) is 71.4 Å². The minimum Gasteiger partial charge on any atom is -0.390 e. The summed E-state index contributed by atoms with van der Waals surface area (Å²) >= 11 is 0. The molecule has 4 saturated carbocycles. The summed E-state index contributed by atoms with van der Waals surface area (Å²) in [5.41, 5.74) is 3.97. The third-order valence-electron chi connectivity index (χ3n) is 10.2. The SMILES string of the molecule is CC(C)OC1CCN(c2ccc(N3CCN(C(=O)NC4C5CC6CC4CC(O)(C6)C5)c4ccccc43)cc2)CC1. The highest BCUT2D eigenvalue weighted by Crippen LogP contribution is 2.55. The summed E-state index contributed by atoms with van der Waals surface area (Å²) in [5, 5.41) is 14.4. The lowest BCUT2D eigenvalue weighted by Gasteiger charge is -2.58. The van der Waals surface area contributed by atoms with E-state index >= 15 is 0 Å². The molecule has 1 saturated heterocycles. The number of hydrogen-bond donors (Lipinski definition) is 2. The predicted molar refractivity (Wildman–Crippen MR) is 160 cm³/mol. The van der Waals surface area contributed by atoms with Crippen LogP contribution in [0.4, 0.5) is 27.5 Å². The van der Waals surface area contributed by atoms with Crippen LogP contribution < -0.4 is 20.0 Å². The fraction of sp³-hybridized carbons (Fsp3) is 0.606. The zero-order valence-corrected chi connectivity index (χ0v) is 24.0. The summed E-state index contributed by atoms with van der Waals surface area (Å²) in [6.45, 7) is 7.67. The van der Waals surface area contributed by atoms with Crippen molar-refractivity contribution in [3.8, 4) is 0 Å². The van der Waals surface area contributed by atoms with Gasteiger partial charge in [-0.15, -0.1) is 0 Å². The van der Waals surface area contributed by atoms with E-state index in [9.17, 15) is 9.90 Å². The third-order valence-corrected chi connectivity index (χ3v) is 10.2. The second-order valence-electron chi connectivity index (χ2n) is 13.3. The maximum atomic E-state index is 13.7. The van der Waals surface area contributed by atoms with Crippen molar-refractivity contribution in [2.45, 2.75) is 82.6 Å². The van der Waals surface area contributed by atoms with Gasteiger partial charge in [0.05, 0.1) is 29.2 Å². The smallest absolute Gasteiger partial charge is 0.322 e. The molecule has 2 amide bonds. The molecule has 40 heavy (non-hydrogen) atoms. The normalized spacial score (nSPS) is 31.6. The number of ether oxygens (including phenoxy) is 1. The van der Waals surface area contributed by atoms with E-state index in [-0.39, 0.29) is 18.2 Å². The largest absolute Gasteiger partial charge is 0.390 e. The first kappa shape index (κ1) is 26.1. The Labute approximate surface area is 238 Å². The first-order chi connectivity index (χ1) is 19.3. The van der Waals surface area contributed by atoms with E-state index in [0.29, 0.717) is 30.4 Å². The summed E-state index contributed by atoms with van der Waals surface area (Å²) in [7, 11) is 0. The van der Waals surface area contributed by atoms with Crippen LogP contribution in [0.15, 0.2) is 48.5 Å². The summed E-state index contributed by atoms with van der Waals surface area (Å²) in [4.78, 5) is 20.4. The lowest BCUT2D eigenvalue weighted by molar-refractivity contribution is -0.136. The van der Waals surface area contributed by atoms with Crippen molar-refractivity contribution in [2.75, 3.05) is 40.9 Å². The molecular weight excluding hydrogens is 500 g/mol. The first-order valence-corrected chi connectivity index (χ1v) is 15.5. The highest BCUT2D eigenvalue weighted by atomic mass is 16.5. The van der Waals surface area contributed by atoms with Gasteiger partial charge in [0.25, 0.3) is 0 Å². The first-order valence-electron chi connectivity index (χ1n) is 15.5. The molecule has 7 nitrogen and oxygen atoms in total. The van der Waals surface area contributed by atoms with Crippen LogP contribution >= 0.6 is 0 Å². The van der Waals surface area contributed by atoms with Crippen LogP contribution in [0.3, 0.4) is 0 Å². The molecule has 7 heteroatoms. The number of urea groups is 1. The summed E-state index contributed by atoms with van der Waals surface area (Å²) in [5.74, 6) is 1.45. The van der Waals surface area contributed by atoms with Crippen LogP contribution in [0.1, 0.15) is 58.8 Å². The zero-order valence-electron chi connectivity index (χ0n) is 24.0. The number of anilines is 4. The molecule has 2 heterocycles. The number of hydrogen-bond acceptors (Lipinski definition) is 5. The molecule has 0 radical (unpaired) electrons. The number of amides is 2. The van der Waals surface area contributed by atoms with Crippen LogP contribution in [0, 0.1) is 17.8 Å². The van der Waals surface area contributed by atoms with E-state index in [1.165, 1.54) is 5.69 Å². The molecule has 5 fully saturated rings. The monoisotopic (exact) mass is 544 g/mol. The van der Waals surface area contributed by atoms with Gasteiger partial charge in [0.1, 0.15) is 0 Å². The quantitative estimate of drug-likeness (QED) is 0.506. The lowest BCUT2D eigenvalue weighted by atomic mass is 9.52. The standard InChI is InChI=1S/C33H44N4O3/c1-22(2)40-28-11-13-35(14-12-28)26-7-9-27(10-8-26)36-15-16-37(30-6-4-3-5-29(30)36)32(38)34-31-24-17-23-18-25(31)21-33(39,19-23)20-24/h3-10,22-25,28,31,39H,11-21H2,1-2H3,(H,34,38). The molecule has 4 bridgehead atoms. The number of rotatable bonds is 5. The molecule has 2 atom stereocenters. The Balaban J connectivity index is 1.03. The maximum Gasteiger partial charge on any atom is 0.322 e. The van der Waals surface area contributed by atoms with Crippen LogP contribution in [0.25, 0.3) is 0 Å². The number of aliphatic hydroxyl groups is 1. The number of para-hydroxylation sites is 2. The van der Waals surface area contributed by atoms with E-state index in [4.69, 9.17) is 4.74 Å². The molecule has 2 aliphatic heterocycles. The van der Waals surface area contributed by atoms with E-state index in [0.717, 1.165) is 81.6 Å². The summed E-state index contributed by atoms with van der Waals surface area (Å²) < 4.78 is 6.03. The van der Waals surface area contributed by atoms with Crippen molar-refractivity contribution in [1.82, 2.24) is 5.32 Å². The van der Waals surface area contributed by atoms with E-state index in [1.54, 1.807) is 0 Å². The van der Waals surface area contributed by atoms with Gasteiger partial charge in [-0.2, -0.15) is 0 Å². The molecule has 0 spiro atoms. The van der Waals surface area contributed by atoms with Crippen molar-refractivity contribution in [1.29, 1.82) is 0 Å². The molecule has 8 rings (SSSR count). The van der Waals surface area contributed by atoms with Crippen LogP contribution in [0.5, 0.6) is 0 Å². The van der Waals surface area contributed by atoms with Crippen LogP contribution in [0.2, 0.25) is 0 Å². The average Bonchev–Trinajstić information content (AvgIpc) is 2.94. The molecule has 0 aromatic heterocycles. The number of benzene rings is 2. The van der Waals surface area contributed by atoms with Crippen molar-refractivity contribution < 1.29 is 14.6 Å². The second kappa shape index (κ2) is 10.3. The van der Waals surface area contributed by atoms with Crippen LogP contribution in [-0.4, -0.2) is 61.2 Å². The van der Waals surface area contributed by atoms with Gasteiger partial charge in [-0.25, -0.2) is 4.79 Å². The average molecular weight is 545 g/mol. The Kier molecular flexibility index (Phi) is 6.70. The van der Waals surface area contributed by atoms with Crippen LogP contribution in [-0.2, 0) is 4.74 Å². The Bertz CT molecular complexity index is 1210. The van der Waals surface area contributed by atoms with Gasteiger partial charge in [-0.1, -0.05) is 12.1 Å². The van der Waals surface area contributed by atoms with Gasteiger partial charge in [0.2, 0.25) is 0 Å². The fourth-order valence-corrected chi connectivity index (χ4v) is 8.76. The van der Waals surface area contributed by atoms with E-state index < -0.39 is 5.60 Å². The molecular formula is C33H44N4O3. The second-order valence-corrected chi connectivity index (χ2v) is 13.3. The number of carbonyl (C=O) groups excluding carboxylic acids is 1. The third kappa shape index (κ3) is 4.85. The number of fused-ring (bicyclic) bond motifs is 1. The van der Waals surface area contributed by atoms with Crippen molar-refractivity contribution in [3.05, 3.63) is 48.5 Å². The van der Waals surface area contributed by atoms with Gasteiger partial charge in [0.15, 0.2) is 0 Å². The van der Waals surface area contributed by atoms with Crippen molar-refractivity contribution >= 4 is 28.8 Å². The molecule has 6 aliphatic rings. The highest BCUT2D eigenvalue weighted by molar-refractivity contribution is 5.98. The molecule has 2 aromatic carbocycles. The number of piperidine rings is 1. The molecule has 2 N–H and O–H groups in total. The van der Waals surface area contributed by atoms with Gasteiger partial charge in [-0.05, 0) is 113 Å². The Hall–Kier alpha value is -2.77. The molecule has 4 aliphatic carbocycles. The summed E-state index contributed by atoms with van der Waals surface area (Å²) in [6, 6.07) is 17.4. The van der Waals surface area contributed by atoms with Crippen molar-refractivity contribution in [2.24, 2.45) is 17.8 Å².